The average Bonchev–Trinajstić information content (AvgIpc) is 2.19. The molecule has 0 radical (unpaired) electrons. The van der Waals surface area contributed by atoms with Crippen LogP contribution in [0.3, 0.4) is 0 Å². The first kappa shape index (κ1) is 21.9. The summed E-state index contributed by atoms with van der Waals surface area (Å²) >= 11 is 3.03. The molecule has 16 heavy (non-hydrogen) atoms. The minimum atomic E-state index is -0.224. The predicted octanol–water partition coefficient (Wildman–Crippen LogP) is 1.97. The Bertz CT molecular complexity index is 174. The van der Waals surface area contributed by atoms with Crippen LogP contribution in [0.2, 0.25) is 0 Å². The van der Waals surface area contributed by atoms with Gasteiger partial charge in [-0.05, 0) is 32.4 Å². The van der Waals surface area contributed by atoms with Crippen molar-refractivity contribution in [3.05, 3.63) is 0 Å². The first-order valence-corrected chi connectivity index (χ1v) is 6.77. The summed E-state index contributed by atoms with van der Waals surface area (Å²) in [5.41, 5.74) is 5.29. The van der Waals surface area contributed by atoms with Crippen LogP contribution in [0.25, 0.3) is 0 Å². The standard InChI is InChI=1S/C8H18N2O2S2.2ClH/c1-7(10(13-2)14-3)8(11)12-6-4-5-9;;/h7H,4-6,9H2,1-3H3;2*1H/t7-;;/m0../s1. The molecule has 0 saturated heterocycles. The quantitative estimate of drug-likeness (QED) is 0.441. The second kappa shape index (κ2) is 13.7. The van der Waals surface area contributed by atoms with Crippen molar-refractivity contribution in [1.82, 2.24) is 3.71 Å². The Morgan fingerprint density at radius 1 is 1.38 bits per heavy atom. The van der Waals surface area contributed by atoms with E-state index in [1.54, 1.807) is 0 Å². The van der Waals surface area contributed by atoms with Crippen LogP contribution in [0.5, 0.6) is 0 Å². The molecule has 4 nitrogen and oxygen atoms in total. The van der Waals surface area contributed by atoms with E-state index in [1.807, 2.05) is 23.1 Å². The summed E-state index contributed by atoms with van der Waals surface area (Å²) in [4.78, 5) is 11.4. The highest BCUT2D eigenvalue weighted by atomic mass is 35.5. The fraction of sp³-hybridized carbons (Fsp3) is 0.875. The molecule has 0 fully saturated rings. The highest BCUT2D eigenvalue weighted by Crippen LogP contribution is 2.21. The lowest BCUT2D eigenvalue weighted by Crippen LogP contribution is -2.31. The van der Waals surface area contributed by atoms with Crippen molar-refractivity contribution in [2.45, 2.75) is 19.4 Å². The van der Waals surface area contributed by atoms with Gasteiger partial charge in [0.1, 0.15) is 6.04 Å². The molecule has 0 heterocycles. The highest BCUT2D eigenvalue weighted by molar-refractivity contribution is 8.11. The summed E-state index contributed by atoms with van der Waals surface area (Å²) in [7, 11) is 0. The second-order valence-corrected chi connectivity index (χ2v) is 4.38. The molecule has 0 saturated carbocycles. The molecule has 0 aliphatic carbocycles. The monoisotopic (exact) mass is 310 g/mol. The molecular weight excluding hydrogens is 291 g/mol. The zero-order valence-electron chi connectivity index (χ0n) is 9.67. The minimum Gasteiger partial charge on any atom is -0.464 e. The van der Waals surface area contributed by atoms with Crippen LogP contribution in [-0.2, 0) is 9.53 Å². The summed E-state index contributed by atoms with van der Waals surface area (Å²) < 4.78 is 6.94. The third-order valence-electron chi connectivity index (χ3n) is 1.61. The molecule has 2 N–H and O–H groups in total. The average molecular weight is 311 g/mol. The van der Waals surface area contributed by atoms with E-state index in [1.165, 1.54) is 23.9 Å². The zero-order valence-corrected chi connectivity index (χ0v) is 12.9. The van der Waals surface area contributed by atoms with Gasteiger partial charge in [0.15, 0.2) is 0 Å². The van der Waals surface area contributed by atoms with Crippen molar-refractivity contribution in [3.8, 4) is 0 Å². The zero-order chi connectivity index (χ0) is 11.0. The van der Waals surface area contributed by atoms with E-state index < -0.39 is 0 Å². The molecule has 0 bridgehead atoms. The molecular formula is C8H20Cl2N2O2S2. The number of carbonyl (C=O) groups excluding carboxylic acids is 1. The smallest absolute Gasteiger partial charge is 0.325 e. The largest absolute Gasteiger partial charge is 0.464 e. The molecule has 0 amide bonds. The van der Waals surface area contributed by atoms with Gasteiger partial charge < -0.3 is 10.5 Å². The summed E-state index contributed by atoms with van der Waals surface area (Å²) in [5, 5.41) is 0. The first-order valence-electron chi connectivity index (χ1n) is 4.41. The fourth-order valence-electron chi connectivity index (χ4n) is 0.854. The van der Waals surface area contributed by atoms with Crippen LogP contribution in [0.4, 0.5) is 0 Å². The van der Waals surface area contributed by atoms with Crippen LogP contribution >= 0.6 is 48.7 Å². The van der Waals surface area contributed by atoms with Gasteiger partial charge in [0.05, 0.1) is 6.61 Å². The Labute approximate surface area is 118 Å². The van der Waals surface area contributed by atoms with Gasteiger partial charge in [-0.2, -0.15) is 3.71 Å². The summed E-state index contributed by atoms with van der Waals surface area (Å²) in [6.45, 7) is 2.80. The van der Waals surface area contributed by atoms with Crippen molar-refractivity contribution in [1.29, 1.82) is 0 Å². The number of rotatable bonds is 7. The number of hydrogen-bond acceptors (Lipinski definition) is 6. The second-order valence-electron chi connectivity index (χ2n) is 2.64. The van der Waals surface area contributed by atoms with Crippen molar-refractivity contribution >= 4 is 54.7 Å². The van der Waals surface area contributed by atoms with Crippen LogP contribution in [0, 0.1) is 0 Å². The Morgan fingerprint density at radius 2 is 1.88 bits per heavy atom. The number of esters is 1. The molecule has 0 aromatic rings. The van der Waals surface area contributed by atoms with E-state index in [-0.39, 0.29) is 36.8 Å². The number of nitrogens with zero attached hydrogens (tertiary/aromatic N) is 1. The first-order chi connectivity index (χ1) is 6.67. The molecule has 0 aromatic heterocycles. The van der Waals surface area contributed by atoms with Crippen LogP contribution in [0.1, 0.15) is 13.3 Å². The molecule has 0 aliphatic rings. The molecule has 0 spiro atoms. The lowest BCUT2D eigenvalue weighted by Gasteiger charge is -2.21. The molecule has 0 aliphatic heterocycles. The van der Waals surface area contributed by atoms with Gasteiger partial charge in [-0.15, -0.1) is 24.8 Å². The highest BCUT2D eigenvalue weighted by Gasteiger charge is 2.21. The summed E-state index contributed by atoms with van der Waals surface area (Å²) in [6, 6.07) is -0.224. The maximum absolute atomic E-state index is 11.4. The van der Waals surface area contributed by atoms with Gasteiger partial charge in [-0.1, -0.05) is 23.9 Å². The van der Waals surface area contributed by atoms with Crippen LogP contribution in [-0.4, -0.2) is 41.4 Å². The molecule has 100 valence electrons. The van der Waals surface area contributed by atoms with Crippen LogP contribution in [0.15, 0.2) is 0 Å². The lowest BCUT2D eigenvalue weighted by molar-refractivity contribution is -0.146. The topological polar surface area (TPSA) is 55.6 Å². The normalized spacial score (nSPS) is 11.3. The van der Waals surface area contributed by atoms with E-state index in [9.17, 15) is 4.79 Å². The van der Waals surface area contributed by atoms with Gasteiger partial charge in [0.2, 0.25) is 0 Å². The number of carbonyl (C=O) groups is 1. The van der Waals surface area contributed by atoms with Crippen molar-refractivity contribution in [2.75, 3.05) is 25.7 Å². The maximum Gasteiger partial charge on any atom is 0.325 e. The van der Waals surface area contributed by atoms with Crippen molar-refractivity contribution in [3.63, 3.8) is 0 Å². The number of ether oxygens (including phenoxy) is 1. The van der Waals surface area contributed by atoms with Gasteiger partial charge in [-0.25, -0.2) is 0 Å². The Morgan fingerprint density at radius 3 is 2.25 bits per heavy atom. The third kappa shape index (κ3) is 8.78. The molecule has 8 heteroatoms. The van der Waals surface area contributed by atoms with E-state index >= 15 is 0 Å². The van der Waals surface area contributed by atoms with E-state index in [4.69, 9.17) is 10.5 Å². The minimum absolute atomic E-state index is 0. The fourth-order valence-corrected chi connectivity index (χ4v) is 2.25. The van der Waals surface area contributed by atoms with Gasteiger partial charge in [0, 0.05) is 0 Å². The summed E-state index contributed by atoms with van der Waals surface area (Å²) in [5.74, 6) is -0.192. The molecule has 1 atom stereocenters. The van der Waals surface area contributed by atoms with Gasteiger partial charge in [-0.3, -0.25) is 4.79 Å². The molecule has 0 rings (SSSR count). The third-order valence-corrected chi connectivity index (χ3v) is 3.86. The van der Waals surface area contributed by atoms with E-state index in [0.29, 0.717) is 13.2 Å². The molecule has 0 aromatic carbocycles. The SMILES string of the molecule is CSN(SC)[C@@H](C)C(=O)OCCCN.Cl.Cl. The summed E-state index contributed by atoms with van der Waals surface area (Å²) in [6.07, 6.45) is 4.58. The number of nitrogens with two attached hydrogens (primary N) is 1. The van der Waals surface area contributed by atoms with Crippen molar-refractivity contribution in [2.24, 2.45) is 5.73 Å². The number of hydrogen-bond donors (Lipinski definition) is 1. The van der Waals surface area contributed by atoms with E-state index in [0.717, 1.165) is 6.42 Å². The van der Waals surface area contributed by atoms with Crippen LogP contribution < -0.4 is 5.73 Å². The lowest BCUT2D eigenvalue weighted by atomic mass is 10.4. The van der Waals surface area contributed by atoms with Gasteiger partial charge >= 0.3 is 5.97 Å². The predicted molar refractivity (Wildman–Crippen MR) is 77.5 cm³/mol. The van der Waals surface area contributed by atoms with Gasteiger partial charge in [0.25, 0.3) is 0 Å². The maximum atomic E-state index is 11.4. The Balaban J connectivity index is -0.000000845. The Hall–Kier alpha value is 0.670. The molecule has 0 unspecified atom stereocenters. The number of halogens is 2. The van der Waals surface area contributed by atoms with E-state index in [2.05, 4.69) is 0 Å². The van der Waals surface area contributed by atoms with Crippen molar-refractivity contribution < 1.29 is 9.53 Å². The Kier molecular flexibility index (Phi) is 18.8.